The maximum atomic E-state index is 14.5. The SMILES string of the molecule is N/N=C(\NN)C1CCN(C(=O)c2cnn3ccc(N4CCC[C@@H]4c4cc(F)ccc4F)cc23)CC1. The summed E-state index contributed by atoms with van der Waals surface area (Å²) in [6, 6.07) is 7.10. The second-order valence-corrected chi connectivity index (χ2v) is 9.02. The third-order valence-electron chi connectivity index (χ3n) is 7.09. The van der Waals surface area contributed by atoms with E-state index in [0.29, 0.717) is 55.0 Å². The highest BCUT2D eigenvalue weighted by Crippen LogP contribution is 2.38. The van der Waals surface area contributed by atoms with Gasteiger partial charge in [-0.3, -0.25) is 4.79 Å². The first kappa shape index (κ1) is 23.0. The lowest BCUT2D eigenvalue weighted by Gasteiger charge is -2.32. The van der Waals surface area contributed by atoms with Gasteiger partial charge < -0.3 is 21.1 Å². The maximum Gasteiger partial charge on any atom is 0.257 e. The number of hydrazine groups is 1. The number of anilines is 1. The van der Waals surface area contributed by atoms with Gasteiger partial charge in [-0.1, -0.05) is 0 Å². The third kappa shape index (κ3) is 4.27. The number of pyridine rings is 1. The van der Waals surface area contributed by atoms with Crippen molar-refractivity contribution < 1.29 is 13.6 Å². The molecule has 9 nitrogen and oxygen atoms in total. The van der Waals surface area contributed by atoms with Gasteiger partial charge in [0, 0.05) is 43.0 Å². The monoisotopic (exact) mass is 482 g/mol. The van der Waals surface area contributed by atoms with Crippen molar-refractivity contribution in [3.8, 4) is 0 Å². The van der Waals surface area contributed by atoms with Gasteiger partial charge in [-0.25, -0.2) is 19.1 Å². The normalized spacial score (nSPS) is 19.5. The Morgan fingerprint density at radius 1 is 1.11 bits per heavy atom. The summed E-state index contributed by atoms with van der Waals surface area (Å²) in [4.78, 5) is 17.2. The van der Waals surface area contributed by atoms with Crippen LogP contribution in [-0.2, 0) is 0 Å². The van der Waals surface area contributed by atoms with Crippen molar-refractivity contribution >= 4 is 22.9 Å². The molecule has 1 amide bonds. The minimum absolute atomic E-state index is 0.0832. The fraction of sp³-hybridized carbons (Fsp3) is 0.375. The molecule has 3 aromatic rings. The summed E-state index contributed by atoms with van der Waals surface area (Å²) in [6.07, 6.45) is 6.35. The molecule has 35 heavy (non-hydrogen) atoms. The fourth-order valence-corrected chi connectivity index (χ4v) is 5.27. The average Bonchev–Trinajstić information content (AvgIpc) is 3.53. The van der Waals surface area contributed by atoms with Crippen molar-refractivity contribution in [1.29, 1.82) is 0 Å². The van der Waals surface area contributed by atoms with Crippen LogP contribution in [0.3, 0.4) is 0 Å². The van der Waals surface area contributed by atoms with Gasteiger partial charge in [0.2, 0.25) is 0 Å². The predicted molar refractivity (Wildman–Crippen MR) is 128 cm³/mol. The number of aromatic nitrogens is 2. The van der Waals surface area contributed by atoms with E-state index in [9.17, 15) is 13.6 Å². The summed E-state index contributed by atoms with van der Waals surface area (Å²) in [6.45, 7) is 1.81. The van der Waals surface area contributed by atoms with Crippen molar-refractivity contribution in [2.75, 3.05) is 24.5 Å². The number of hydrogen-bond donors (Lipinski definition) is 3. The molecule has 2 saturated heterocycles. The van der Waals surface area contributed by atoms with Crippen LogP contribution >= 0.6 is 0 Å². The zero-order valence-electron chi connectivity index (χ0n) is 19.2. The van der Waals surface area contributed by atoms with E-state index in [1.807, 2.05) is 12.1 Å². The molecule has 0 saturated carbocycles. The van der Waals surface area contributed by atoms with Gasteiger partial charge in [0.15, 0.2) is 0 Å². The number of benzene rings is 1. The first-order valence-corrected chi connectivity index (χ1v) is 11.7. The maximum absolute atomic E-state index is 14.5. The van der Waals surface area contributed by atoms with Crippen molar-refractivity contribution in [1.82, 2.24) is 19.9 Å². The summed E-state index contributed by atoms with van der Waals surface area (Å²) in [5.74, 6) is 10.5. The number of hydrogen-bond acceptors (Lipinski definition) is 6. The molecule has 2 aliphatic heterocycles. The van der Waals surface area contributed by atoms with Crippen LogP contribution in [0, 0.1) is 17.6 Å². The van der Waals surface area contributed by atoms with Crippen molar-refractivity contribution in [3.63, 3.8) is 0 Å². The molecule has 0 unspecified atom stereocenters. The van der Waals surface area contributed by atoms with Gasteiger partial charge in [0.05, 0.1) is 23.3 Å². The molecule has 2 fully saturated rings. The zero-order chi connectivity index (χ0) is 24.5. The molecule has 5 N–H and O–H groups in total. The number of likely N-dealkylation sites (tertiary alicyclic amines) is 1. The van der Waals surface area contributed by atoms with E-state index >= 15 is 0 Å². The molecule has 0 aliphatic carbocycles. The van der Waals surface area contributed by atoms with Crippen molar-refractivity contribution in [2.24, 2.45) is 22.7 Å². The summed E-state index contributed by atoms with van der Waals surface area (Å²) >= 11 is 0. The van der Waals surface area contributed by atoms with Crippen molar-refractivity contribution in [2.45, 2.75) is 31.7 Å². The number of nitrogens with zero attached hydrogens (tertiary/aromatic N) is 5. The standard InChI is InChI=1S/C24H28F2N8O/c25-16-3-4-20(26)18(12-16)21-2-1-8-33(21)17-7-11-34-22(13-17)19(14-29-34)24(35)32-9-5-15(6-10-32)23(30-27)31-28/h3-4,7,11-15,21H,1-2,5-6,8-10,27-28H2,(H,30,31)/t21-/m1/s1. The molecule has 0 spiro atoms. The Bertz CT molecular complexity index is 1270. The molecule has 5 rings (SSSR count). The smallest absolute Gasteiger partial charge is 0.257 e. The van der Waals surface area contributed by atoms with Crippen LogP contribution in [0.2, 0.25) is 0 Å². The summed E-state index contributed by atoms with van der Waals surface area (Å²) < 4.78 is 30.1. The van der Waals surface area contributed by atoms with Crippen LogP contribution in [0.4, 0.5) is 14.5 Å². The van der Waals surface area contributed by atoms with Gasteiger partial charge in [0.1, 0.15) is 17.5 Å². The second-order valence-electron chi connectivity index (χ2n) is 9.02. The van der Waals surface area contributed by atoms with Crippen LogP contribution in [0.1, 0.15) is 47.6 Å². The third-order valence-corrected chi connectivity index (χ3v) is 7.09. The van der Waals surface area contributed by atoms with Gasteiger partial charge >= 0.3 is 0 Å². The summed E-state index contributed by atoms with van der Waals surface area (Å²) in [5, 5.41) is 8.05. The lowest BCUT2D eigenvalue weighted by molar-refractivity contribution is 0.0711. The number of amides is 1. The Hall–Kier alpha value is -3.73. The van der Waals surface area contributed by atoms with Crippen LogP contribution in [0.25, 0.3) is 5.52 Å². The number of piperidine rings is 1. The number of halogens is 2. The molecular weight excluding hydrogens is 454 g/mol. The van der Waals surface area contributed by atoms with Crippen LogP contribution in [-0.4, -0.2) is 45.9 Å². The highest BCUT2D eigenvalue weighted by Gasteiger charge is 2.31. The van der Waals surface area contributed by atoms with Crippen LogP contribution in [0.5, 0.6) is 0 Å². The quantitative estimate of drug-likeness (QED) is 0.228. The Labute approximate surface area is 201 Å². The van der Waals surface area contributed by atoms with Gasteiger partial charge in [0.25, 0.3) is 5.91 Å². The first-order valence-electron chi connectivity index (χ1n) is 11.7. The molecule has 2 aromatic heterocycles. The van der Waals surface area contributed by atoms with Crippen LogP contribution in [0.15, 0.2) is 47.8 Å². The Balaban J connectivity index is 1.39. The van der Waals surface area contributed by atoms with E-state index < -0.39 is 11.6 Å². The minimum Gasteiger partial charge on any atom is -0.364 e. The van der Waals surface area contributed by atoms with E-state index in [2.05, 4.69) is 20.5 Å². The summed E-state index contributed by atoms with van der Waals surface area (Å²) in [5.41, 5.74) is 4.90. The predicted octanol–water partition coefficient (Wildman–Crippen LogP) is 2.54. The molecule has 0 radical (unpaired) electrons. The molecule has 184 valence electrons. The molecule has 11 heteroatoms. The van der Waals surface area contributed by atoms with Gasteiger partial charge in [-0.15, -0.1) is 0 Å². The molecule has 1 atom stereocenters. The number of nitrogens with two attached hydrogens (primary N) is 2. The number of amidine groups is 1. The molecular formula is C24H28F2N8O. The minimum atomic E-state index is -0.455. The molecule has 0 bridgehead atoms. The fourth-order valence-electron chi connectivity index (χ4n) is 5.27. The average molecular weight is 483 g/mol. The Morgan fingerprint density at radius 2 is 1.91 bits per heavy atom. The first-order chi connectivity index (χ1) is 17.0. The highest BCUT2D eigenvalue weighted by molar-refractivity contribution is 6.01. The van der Waals surface area contributed by atoms with E-state index in [1.54, 1.807) is 21.8 Å². The van der Waals surface area contributed by atoms with E-state index in [1.165, 1.54) is 12.1 Å². The lowest BCUT2D eigenvalue weighted by Crippen LogP contribution is -2.45. The number of nitrogens with one attached hydrogen (secondary N) is 1. The van der Waals surface area contributed by atoms with E-state index in [-0.39, 0.29) is 17.9 Å². The molecule has 4 heterocycles. The van der Waals surface area contributed by atoms with Crippen molar-refractivity contribution in [3.05, 3.63) is 65.5 Å². The van der Waals surface area contributed by atoms with E-state index in [0.717, 1.165) is 24.6 Å². The molecule has 2 aliphatic rings. The highest BCUT2D eigenvalue weighted by atomic mass is 19.1. The zero-order valence-corrected chi connectivity index (χ0v) is 19.2. The largest absolute Gasteiger partial charge is 0.364 e. The Morgan fingerprint density at radius 3 is 2.66 bits per heavy atom. The van der Waals surface area contributed by atoms with Crippen LogP contribution < -0.4 is 22.0 Å². The van der Waals surface area contributed by atoms with Gasteiger partial charge in [-0.2, -0.15) is 10.2 Å². The number of hydrazone groups is 1. The molecule has 1 aromatic carbocycles. The summed E-state index contributed by atoms with van der Waals surface area (Å²) in [7, 11) is 0. The Kier molecular flexibility index (Phi) is 6.25. The van der Waals surface area contributed by atoms with E-state index in [4.69, 9.17) is 11.7 Å². The van der Waals surface area contributed by atoms with Gasteiger partial charge in [-0.05, 0) is 56.0 Å². The number of rotatable bonds is 4. The number of carbonyl (C=O) groups excluding carboxylic acids is 1. The lowest BCUT2D eigenvalue weighted by atomic mass is 9.95. The topological polar surface area (TPSA) is 117 Å². The second kappa shape index (κ2) is 9.49. The number of carbonyl (C=O) groups is 1. The number of fused-ring (bicyclic) bond motifs is 1.